The van der Waals surface area contributed by atoms with Crippen molar-refractivity contribution in [2.75, 3.05) is 38.3 Å². The number of hydrogen-bond donors (Lipinski definition) is 0. The molecule has 0 bridgehead atoms. The molecule has 5 rings (SSSR count). The van der Waals surface area contributed by atoms with Crippen molar-refractivity contribution in [3.05, 3.63) is 66.0 Å². The fourth-order valence-corrected chi connectivity index (χ4v) is 4.12. The number of imidazole rings is 1. The van der Waals surface area contributed by atoms with E-state index >= 15 is 0 Å². The number of ether oxygens (including phenoxy) is 3. The van der Waals surface area contributed by atoms with E-state index in [1.807, 2.05) is 42.7 Å². The molecule has 0 atom stereocenters. The summed E-state index contributed by atoms with van der Waals surface area (Å²) in [5.41, 5.74) is 4.82. The van der Waals surface area contributed by atoms with Gasteiger partial charge in [-0.3, -0.25) is 0 Å². The first-order valence-electron chi connectivity index (χ1n) is 12.0. The largest absolute Gasteiger partial charge is 0.489 e. The second kappa shape index (κ2) is 10.3. The van der Waals surface area contributed by atoms with E-state index in [2.05, 4.69) is 28.3 Å². The van der Waals surface area contributed by atoms with Crippen molar-refractivity contribution in [2.45, 2.75) is 26.5 Å². The minimum atomic E-state index is -0.355. The lowest BCUT2D eigenvalue weighted by atomic mass is 10.1. The number of rotatable bonds is 7. The third-order valence-corrected chi connectivity index (χ3v) is 6.17. The Kier molecular flexibility index (Phi) is 6.81. The lowest BCUT2D eigenvalue weighted by Gasteiger charge is -2.27. The van der Waals surface area contributed by atoms with Crippen molar-refractivity contribution < 1.29 is 19.0 Å². The highest BCUT2D eigenvalue weighted by Crippen LogP contribution is 2.30. The fourth-order valence-electron chi connectivity index (χ4n) is 4.12. The van der Waals surface area contributed by atoms with E-state index in [4.69, 9.17) is 24.2 Å². The van der Waals surface area contributed by atoms with Gasteiger partial charge >= 0.3 is 5.97 Å². The molecule has 0 N–H and O–H groups in total. The highest BCUT2D eigenvalue weighted by Gasteiger charge is 2.20. The number of aromatic nitrogens is 4. The molecule has 2 aromatic carbocycles. The van der Waals surface area contributed by atoms with Crippen molar-refractivity contribution in [3.8, 4) is 17.0 Å². The maximum absolute atomic E-state index is 11.6. The number of benzene rings is 2. The molecule has 0 radical (unpaired) electrons. The van der Waals surface area contributed by atoms with Gasteiger partial charge in [0.25, 0.3) is 0 Å². The van der Waals surface area contributed by atoms with Gasteiger partial charge in [0, 0.05) is 24.7 Å². The molecule has 1 aliphatic heterocycles. The molecule has 3 heterocycles. The molecular weight excluding hydrogens is 458 g/mol. The Morgan fingerprint density at radius 1 is 1.03 bits per heavy atom. The lowest BCUT2D eigenvalue weighted by Crippen LogP contribution is -2.37. The normalized spacial score (nSPS) is 13.8. The average Bonchev–Trinajstić information content (AvgIpc) is 3.36. The van der Waals surface area contributed by atoms with Gasteiger partial charge in [-0.25, -0.2) is 14.8 Å². The van der Waals surface area contributed by atoms with Crippen LogP contribution in [0.3, 0.4) is 0 Å². The second-order valence-corrected chi connectivity index (χ2v) is 8.89. The second-order valence-electron chi connectivity index (χ2n) is 8.89. The molecule has 0 spiro atoms. The maximum Gasteiger partial charge on any atom is 0.337 e. The molecule has 2 aromatic heterocycles. The van der Waals surface area contributed by atoms with Crippen molar-refractivity contribution in [1.29, 1.82) is 0 Å². The summed E-state index contributed by atoms with van der Waals surface area (Å²) in [5.74, 6) is 1.08. The van der Waals surface area contributed by atoms with Crippen LogP contribution < -0.4 is 9.64 Å². The monoisotopic (exact) mass is 487 g/mol. The van der Waals surface area contributed by atoms with E-state index in [0.717, 1.165) is 46.8 Å². The first kappa shape index (κ1) is 23.7. The summed E-state index contributed by atoms with van der Waals surface area (Å²) >= 11 is 0. The van der Waals surface area contributed by atoms with E-state index in [9.17, 15) is 4.79 Å². The molecule has 0 unspecified atom stereocenters. The van der Waals surface area contributed by atoms with Crippen LogP contribution >= 0.6 is 0 Å². The molecule has 1 saturated heterocycles. The standard InChI is InChI=1S/C27H29N5O4/c1-18(2)32-17-28-24-23(29-27(30-25(24)32)31-12-14-35-15-13-31)20-8-10-22(11-9-20)36-16-19-4-6-21(7-5-19)26(33)34-3/h4-11,17-18H,12-16H2,1-3H3. The highest BCUT2D eigenvalue weighted by atomic mass is 16.5. The van der Waals surface area contributed by atoms with E-state index in [-0.39, 0.29) is 12.0 Å². The summed E-state index contributed by atoms with van der Waals surface area (Å²) in [5, 5.41) is 0. The Morgan fingerprint density at radius 2 is 1.75 bits per heavy atom. The Bertz CT molecular complexity index is 1340. The van der Waals surface area contributed by atoms with Crippen molar-refractivity contribution >= 4 is 23.1 Å². The quantitative estimate of drug-likeness (QED) is 0.357. The van der Waals surface area contributed by atoms with Crippen molar-refractivity contribution in [1.82, 2.24) is 19.5 Å². The maximum atomic E-state index is 11.6. The predicted molar refractivity (Wildman–Crippen MR) is 136 cm³/mol. The molecule has 186 valence electrons. The summed E-state index contributed by atoms with van der Waals surface area (Å²) in [6.45, 7) is 7.47. The third-order valence-electron chi connectivity index (χ3n) is 6.17. The van der Waals surface area contributed by atoms with Crippen LogP contribution in [0.25, 0.3) is 22.4 Å². The molecule has 1 fully saturated rings. The zero-order valence-corrected chi connectivity index (χ0v) is 20.7. The van der Waals surface area contributed by atoms with Crippen LogP contribution in [0.15, 0.2) is 54.9 Å². The predicted octanol–water partition coefficient (Wildman–Crippen LogP) is 4.28. The number of carbonyl (C=O) groups is 1. The zero-order chi connectivity index (χ0) is 25.1. The van der Waals surface area contributed by atoms with Gasteiger partial charge in [0.05, 0.1) is 32.2 Å². The summed E-state index contributed by atoms with van der Waals surface area (Å²) in [4.78, 5) is 28.2. The molecule has 9 nitrogen and oxygen atoms in total. The van der Waals surface area contributed by atoms with Gasteiger partial charge < -0.3 is 23.7 Å². The number of anilines is 1. The summed E-state index contributed by atoms with van der Waals surface area (Å²) in [6, 6.07) is 15.3. The van der Waals surface area contributed by atoms with Gasteiger partial charge in [-0.05, 0) is 55.8 Å². The van der Waals surface area contributed by atoms with E-state index < -0.39 is 0 Å². The number of nitrogens with zero attached hydrogens (tertiary/aromatic N) is 5. The number of methoxy groups -OCH3 is 1. The first-order valence-corrected chi connectivity index (χ1v) is 12.0. The van der Waals surface area contributed by atoms with Crippen LogP contribution in [0.2, 0.25) is 0 Å². The van der Waals surface area contributed by atoms with Crippen LogP contribution in [0.1, 0.15) is 35.8 Å². The zero-order valence-electron chi connectivity index (χ0n) is 20.7. The van der Waals surface area contributed by atoms with Gasteiger partial charge in [0.15, 0.2) is 5.65 Å². The number of hydrogen-bond acceptors (Lipinski definition) is 8. The van der Waals surface area contributed by atoms with Crippen LogP contribution in [-0.2, 0) is 16.1 Å². The molecule has 4 aromatic rings. The Labute approximate surface area is 209 Å². The Morgan fingerprint density at radius 3 is 2.42 bits per heavy atom. The van der Waals surface area contributed by atoms with Crippen LogP contribution in [-0.4, -0.2) is 58.9 Å². The first-order chi connectivity index (χ1) is 17.5. The third kappa shape index (κ3) is 4.87. The molecule has 1 aliphatic rings. The molecular formula is C27H29N5O4. The number of morpholine rings is 1. The summed E-state index contributed by atoms with van der Waals surface area (Å²) < 4.78 is 18.3. The van der Waals surface area contributed by atoms with Crippen molar-refractivity contribution in [2.24, 2.45) is 0 Å². The number of carbonyl (C=O) groups excluding carboxylic acids is 1. The Balaban J connectivity index is 1.39. The molecule has 0 aliphatic carbocycles. The van der Waals surface area contributed by atoms with Gasteiger partial charge in [0.2, 0.25) is 5.95 Å². The average molecular weight is 488 g/mol. The minimum Gasteiger partial charge on any atom is -0.489 e. The van der Waals surface area contributed by atoms with Crippen LogP contribution in [0, 0.1) is 0 Å². The lowest BCUT2D eigenvalue weighted by molar-refractivity contribution is 0.0600. The number of esters is 1. The Hall–Kier alpha value is -3.98. The van der Waals surface area contributed by atoms with Crippen molar-refractivity contribution in [3.63, 3.8) is 0 Å². The van der Waals surface area contributed by atoms with E-state index in [1.165, 1.54) is 7.11 Å². The molecule has 0 saturated carbocycles. The fraction of sp³-hybridized carbons (Fsp3) is 0.333. The molecule has 0 amide bonds. The smallest absolute Gasteiger partial charge is 0.337 e. The van der Waals surface area contributed by atoms with Gasteiger partial charge in [0.1, 0.15) is 23.6 Å². The van der Waals surface area contributed by atoms with Gasteiger partial charge in [-0.15, -0.1) is 0 Å². The number of fused-ring (bicyclic) bond motifs is 1. The van der Waals surface area contributed by atoms with Crippen LogP contribution in [0.4, 0.5) is 5.95 Å². The van der Waals surface area contributed by atoms with E-state index in [0.29, 0.717) is 31.3 Å². The van der Waals surface area contributed by atoms with Crippen LogP contribution in [0.5, 0.6) is 5.75 Å². The van der Waals surface area contributed by atoms with Gasteiger partial charge in [-0.1, -0.05) is 12.1 Å². The summed E-state index contributed by atoms with van der Waals surface area (Å²) in [6.07, 6.45) is 1.83. The highest BCUT2D eigenvalue weighted by molar-refractivity contribution is 5.89. The topological polar surface area (TPSA) is 91.6 Å². The summed E-state index contributed by atoms with van der Waals surface area (Å²) in [7, 11) is 1.37. The molecule has 9 heteroatoms. The molecule has 36 heavy (non-hydrogen) atoms. The van der Waals surface area contributed by atoms with Gasteiger partial charge in [-0.2, -0.15) is 4.98 Å². The van der Waals surface area contributed by atoms with E-state index in [1.54, 1.807) is 12.1 Å². The minimum absolute atomic E-state index is 0.229. The SMILES string of the molecule is COC(=O)c1ccc(COc2ccc(-c3nc(N4CCOCC4)nc4c3ncn4C(C)C)cc2)cc1.